The van der Waals surface area contributed by atoms with E-state index in [0.717, 1.165) is 6.20 Å². The van der Waals surface area contributed by atoms with E-state index in [1.165, 1.54) is 10.9 Å². The van der Waals surface area contributed by atoms with E-state index in [9.17, 15) is 13.9 Å². The number of hydrogen-bond donors (Lipinski definition) is 1. The van der Waals surface area contributed by atoms with E-state index >= 15 is 0 Å². The molecule has 0 amide bonds. The van der Waals surface area contributed by atoms with Crippen LogP contribution in [0.25, 0.3) is 11.0 Å². The molecule has 1 aliphatic carbocycles. The van der Waals surface area contributed by atoms with Crippen LogP contribution in [0, 0.1) is 11.8 Å². The Kier molecular flexibility index (Phi) is 2.19. The Balaban J connectivity index is 2.18. The van der Waals surface area contributed by atoms with Crippen molar-refractivity contribution < 1.29 is 13.9 Å². The molecule has 2 atom stereocenters. The summed E-state index contributed by atoms with van der Waals surface area (Å²) in [6.45, 7) is 0. The first-order chi connectivity index (χ1) is 8.16. The highest BCUT2D eigenvalue weighted by Crippen LogP contribution is 2.28. The van der Waals surface area contributed by atoms with Crippen molar-refractivity contribution in [2.75, 3.05) is 0 Å². The number of aliphatic hydroxyl groups is 1. The second-order valence-corrected chi connectivity index (χ2v) is 4.00. The molecule has 4 nitrogen and oxygen atoms in total. The molecule has 1 N–H and O–H groups in total. The van der Waals surface area contributed by atoms with Gasteiger partial charge in [0.15, 0.2) is 5.82 Å². The Hall–Kier alpha value is -1.82. The summed E-state index contributed by atoms with van der Waals surface area (Å²) in [5.74, 6) is -1.41. The molecule has 2 heterocycles. The van der Waals surface area contributed by atoms with E-state index in [0.29, 0.717) is 6.42 Å². The molecule has 0 bridgehead atoms. The van der Waals surface area contributed by atoms with E-state index in [1.807, 2.05) is 0 Å². The fourth-order valence-corrected chi connectivity index (χ4v) is 2.10. The minimum Gasteiger partial charge on any atom is -0.389 e. The summed E-state index contributed by atoms with van der Waals surface area (Å²) in [5, 5.41) is 9.39. The van der Waals surface area contributed by atoms with E-state index in [-0.39, 0.29) is 17.1 Å². The Morgan fingerprint density at radius 1 is 1.29 bits per heavy atom. The van der Waals surface area contributed by atoms with Crippen LogP contribution in [-0.2, 0) is 0 Å². The topological polar surface area (TPSA) is 50.9 Å². The molecule has 0 radical (unpaired) electrons. The number of nitrogens with zero attached hydrogens (tertiary/aromatic N) is 3. The summed E-state index contributed by atoms with van der Waals surface area (Å²) in [5.41, 5.74) is 0.000963. The normalized spacial score (nSPS) is 23.7. The predicted octanol–water partition coefficient (Wildman–Crippen LogP) is 1.57. The Morgan fingerprint density at radius 2 is 2.12 bits per heavy atom. The van der Waals surface area contributed by atoms with Crippen LogP contribution in [0.15, 0.2) is 24.7 Å². The smallest absolute Gasteiger partial charge is 0.241 e. The van der Waals surface area contributed by atoms with Gasteiger partial charge >= 0.3 is 0 Å². The minimum atomic E-state index is -0.789. The van der Waals surface area contributed by atoms with E-state index in [2.05, 4.69) is 9.97 Å². The van der Waals surface area contributed by atoms with Crippen LogP contribution in [0.2, 0.25) is 0 Å². The summed E-state index contributed by atoms with van der Waals surface area (Å²) >= 11 is 0. The van der Waals surface area contributed by atoms with Gasteiger partial charge in [0.2, 0.25) is 5.95 Å². The third-order valence-corrected chi connectivity index (χ3v) is 2.90. The predicted molar refractivity (Wildman–Crippen MR) is 56.2 cm³/mol. The molecule has 0 aliphatic heterocycles. The Labute approximate surface area is 95.2 Å². The number of aromatic nitrogens is 3. The average molecular weight is 237 g/mol. The van der Waals surface area contributed by atoms with Crippen molar-refractivity contribution in [1.29, 1.82) is 0 Å². The van der Waals surface area contributed by atoms with Gasteiger partial charge in [-0.3, -0.25) is 0 Å². The van der Waals surface area contributed by atoms with Gasteiger partial charge < -0.3 is 9.67 Å². The van der Waals surface area contributed by atoms with Crippen LogP contribution in [0.5, 0.6) is 0 Å². The van der Waals surface area contributed by atoms with Crippen molar-refractivity contribution >= 4 is 11.0 Å². The molecular formula is C11H9F2N3O. The van der Waals surface area contributed by atoms with Crippen LogP contribution in [-0.4, -0.2) is 25.7 Å². The molecule has 1 aliphatic rings. The average Bonchev–Trinajstić information content (AvgIpc) is 2.89. The first-order valence-corrected chi connectivity index (χ1v) is 5.19. The highest BCUT2D eigenvalue weighted by molar-refractivity contribution is 5.75. The molecule has 0 saturated carbocycles. The molecule has 0 fully saturated rings. The number of allylic oxidation sites excluding steroid dienone is 1. The lowest BCUT2D eigenvalue weighted by Gasteiger charge is -2.12. The highest BCUT2D eigenvalue weighted by atomic mass is 19.1. The van der Waals surface area contributed by atoms with E-state index < -0.39 is 17.9 Å². The van der Waals surface area contributed by atoms with Gasteiger partial charge in [0, 0.05) is 6.42 Å². The molecule has 88 valence electrons. The molecule has 0 saturated heterocycles. The van der Waals surface area contributed by atoms with Gasteiger partial charge in [-0.1, -0.05) is 12.2 Å². The molecule has 3 rings (SSSR count). The second kappa shape index (κ2) is 3.59. The van der Waals surface area contributed by atoms with Crippen molar-refractivity contribution in [2.24, 2.45) is 0 Å². The molecule has 2 aromatic rings. The fourth-order valence-electron chi connectivity index (χ4n) is 2.10. The quantitative estimate of drug-likeness (QED) is 0.605. The standard InChI is InChI=1S/C11H9F2N3O/c12-8-4-14-11(13)9-10(8)16(5-15-9)6-1-2-7(17)3-6/h1-2,4-7,17H,3H2/t6-,7+/m0/s1. The first kappa shape index (κ1) is 10.3. The molecule has 0 spiro atoms. The van der Waals surface area contributed by atoms with Gasteiger partial charge in [-0.25, -0.2) is 14.4 Å². The van der Waals surface area contributed by atoms with Crippen LogP contribution in [0.3, 0.4) is 0 Å². The zero-order valence-corrected chi connectivity index (χ0v) is 8.72. The molecular weight excluding hydrogens is 228 g/mol. The monoisotopic (exact) mass is 237 g/mol. The van der Waals surface area contributed by atoms with E-state index in [4.69, 9.17) is 0 Å². The Morgan fingerprint density at radius 3 is 2.82 bits per heavy atom. The largest absolute Gasteiger partial charge is 0.389 e. The maximum Gasteiger partial charge on any atom is 0.241 e. The third kappa shape index (κ3) is 1.52. The molecule has 0 aromatic carbocycles. The maximum absolute atomic E-state index is 13.6. The van der Waals surface area contributed by atoms with E-state index in [1.54, 1.807) is 12.2 Å². The molecule has 6 heteroatoms. The van der Waals surface area contributed by atoms with Crippen molar-refractivity contribution in [2.45, 2.75) is 18.6 Å². The number of halogens is 2. The van der Waals surface area contributed by atoms with Gasteiger partial charge in [-0.2, -0.15) is 4.39 Å². The van der Waals surface area contributed by atoms with Crippen molar-refractivity contribution in [1.82, 2.24) is 14.5 Å². The van der Waals surface area contributed by atoms with Crippen molar-refractivity contribution in [3.63, 3.8) is 0 Å². The van der Waals surface area contributed by atoms with Crippen LogP contribution in [0.1, 0.15) is 12.5 Å². The lowest BCUT2D eigenvalue weighted by atomic mass is 10.2. The van der Waals surface area contributed by atoms with Gasteiger partial charge in [-0.05, 0) is 0 Å². The molecule has 0 unspecified atom stereocenters. The van der Waals surface area contributed by atoms with Gasteiger partial charge in [-0.15, -0.1) is 0 Å². The summed E-state index contributed by atoms with van der Waals surface area (Å²) < 4.78 is 28.5. The number of pyridine rings is 1. The summed E-state index contributed by atoms with van der Waals surface area (Å²) in [6, 6.07) is -0.202. The van der Waals surface area contributed by atoms with Gasteiger partial charge in [0.1, 0.15) is 11.0 Å². The van der Waals surface area contributed by atoms with Crippen LogP contribution in [0.4, 0.5) is 8.78 Å². The fraction of sp³-hybridized carbons (Fsp3) is 0.273. The summed E-state index contributed by atoms with van der Waals surface area (Å²) in [6.07, 6.45) is 5.48. The summed E-state index contributed by atoms with van der Waals surface area (Å²) in [4.78, 5) is 7.10. The lowest BCUT2D eigenvalue weighted by molar-refractivity contribution is 0.211. The SMILES string of the molecule is O[C@@H]1C=C[C@H](n2cnc3c(F)ncc(F)c32)C1. The van der Waals surface area contributed by atoms with Crippen LogP contribution < -0.4 is 0 Å². The number of rotatable bonds is 1. The zero-order chi connectivity index (χ0) is 12.0. The van der Waals surface area contributed by atoms with Gasteiger partial charge in [0.05, 0.1) is 24.7 Å². The van der Waals surface area contributed by atoms with Crippen molar-refractivity contribution in [3.05, 3.63) is 36.4 Å². The molecule has 17 heavy (non-hydrogen) atoms. The second-order valence-electron chi connectivity index (χ2n) is 4.00. The maximum atomic E-state index is 13.6. The first-order valence-electron chi connectivity index (χ1n) is 5.19. The number of hydrogen-bond acceptors (Lipinski definition) is 3. The zero-order valence-electron chi connectivity index (χ0n) is 8.72. The highest BCUT2D eigenvalue weighted by Gasteiger charge is 2.22. The number of aliphatic hydroxyl groups excluding tert-OH is 1. The third-order valence-electron chi connectivity index (χ3n) is 2.90. The number of fused-ring (bicyclic) bond motifs is 1. The minimum absolute atomic E-state index is 0.0835. The van der Waals surface area contributed by atoms with Crippen molar-refractivity contribution in [3.8, 4) is 0 Å². The summed E-state index contributed by atoms with van der Waals surface area (Å²) in [7, 11) is 0. The Bertz CT molecular complexity index is 608. The lowest BCUT2D eigenvalue weighted by Crippen LogP contribution is -2.08. The molecule has 2 aromatic heterocycles. The number of imidazole rings is 1. The van der Waals surface area contributed by atoms with Crippen LogP contribution >= 0.6 is 0 Å². The van der Waals surface area contributed by atoms with Gasteiger partial charge in [0.25, 0.3) is 0 Å².